The van der Waals surface area contributed by atoms with E-state index < -0.39 is 0 Å². The topological polar surface area (TPSA) is 98.3 Å². The third-order valence-corrected chi connectivity index (χ3v) is 4.00. The lowest BCUT2D eigenvalue weighted by Crippen LogP contribution is -2.02. The molecule has 0 aromatic carbocycles. The highest BCUT2D eigenvalue weighted by Gasteiger charge is 2.14. The fourth-order valence-corrected chi connectivity index (χ4v) is 3.05. The van der Waals surface area contributed by atoms with Gasteiger partial charge in [0, 0.05) is 41.1 Å². The minimum absolute atomic E-state index is 0.257. The molecule has 0 spiro atoms. The molecule has 23 heavy (non-hydrogen) atoms. The Labute approximate surface area is 132 Å². The van der Waals surface area contributed by atoms with Crippen molar-refractivity contribution in [2.45, 2.75) is 26.8 Å². The Morgan fingerprint density at radius 2 is 2.00 bits per heavy atom. The number of hydrogen-bond donors (Lipinski definition) is 2. The van der Waals surface area contributed by atoms with Crippen LogP contribution in [0.15, 0.2) is 24.7 Å². The summed E-state index contributed by atoms with van der Waals surface area (Å²) in [5.41, 5.74) is 10.2. The quantitative estimate of drug-likeness (QED) is 0.593. The van der Waals surface area contributed by atoms with Crippen LogP contribution in [0.25, 0.3) is 33.3 Å². The molecule has 0 unspecified atom stereocenters. The number of nitrogen functional groups attached to an aromatic ring is 1. The second-order valence-electron chi connectivity index (χ2n) is 5.88. The zero-order chi connectivity index (χ0) is 16.1. The van der Waals surface area contributed by atoms with Crippen LogP contribution in [0.1, 0.15) is 25.7 Å². The highest BCUT2D eigenvalue weighted by molar-refractivity contribution is 5.94. The third kappa shape index (κ3) is 2.04. The van der Waals surface area contributed by atoms with Crippen molar-refractivity contribution < 1.29 is 0 Å². The second kappa shape index (κ2) is 4.77. The zero-order valence-corrected chi connectivity index (χ0v) is 13.2. The van der Waals surface area contributed by atoms with Crippen LogP contribution in [0.3, 0.4) is 0 Å². The van der Waals surface area contributed by atoms with Gasteiger partial charge in [-0.15, -0.1) is 0 Å². The molecule has 7 heteroatoms. The average Bonchev–Trinajstić information content (AvgIpc) is 3.05. The number of nitrogens with zero attached hydrogens (tertiary/aromatic N) is 5. The normalized spacial score (nSPS) is 11.8. The van der Waals surface area contributed by atoms with Gasteiger partial charge in [-0.3, -0.25) is 0 Å². The number of nitrogens with one attached hydrogen (secondary N) is 1. The van der Waals surface area contributed by atoms with Crippen LogP contribution in [0, 0.1) is 6.92 Å². The van der Waals surface area contributed by atoms with Gasteiger partial charge >= 0.3 is 0 Å². The van der Waals surface area contributed by atoms with Crippen molar-refractivity contribution in [1.82, 2.24) is 29.5 Å². The van der Waals surface area contributed by atoms with E-state index >= 15 is 0 Å². The number of H-pyrrole nitrogens is 1. The van der Waals surface area contributed by atoms with Gasteiger partial charge in [0.25, 0.3) is 0 Å². The first-order chi connectivity index (χ1) is 11.0. The highest BCUT2D eigenvalue weighted by Crippen LogP contribution is 2.30. The third-order valence-electron chi connectivity index (χ3n) is 4.00. The SMILES string of the molecule is Cc1nc2ncc(-c3c[nH]c4nc(N)ncc34)cc2n1C(C)C. The summed E-state index contributed by atoms with van der Waals surface area (Å²) in [4.78, 5) is 20.5. The van der Waals surface area contributed by atoms with Crippen LogP contribution in [-0.4, -0.2) is 29.5 Å². The van der Waals surface area contributed by atoms with Gasteiger partial charge in [0.2, 0.25) is 5.95 Å². The number of hydrogen-bond acceptors (Lipinski definition) is 5. The van der Waals surface area contributed by atoms with Crippen molar-refractivity contribution >= 4 is 28.1 Å². The van der Waals surface area contributed by atoms with E-state index in [4.69, 9.17) is 5.73 Å². The van der Waals surface area contributed by atoms with Gasteiger partial charge in [0.05, 0.1) is 5.52 Å². The van der Waals surface area contributed by atoms with Crippen LogP contribution in [0.2, 0.25) is 0 Å². The molecular formula is C16H17N7. The molecule has 0 fully saturated rings. The summed E-state index contributed by atoms with van der Waals surface area (Å²) in [5.74, 6) is 1.22. The van der Waals surface area contributed by atoms with Crippen LogP contribution in [0.5, 0.6) is 0 Å². The smallest absolute Gasteiger partial charge is 0.221 e. The standard InChI is InChI=1S/C16H17N7/c1-8(2)23-9(3)21-15-13(23)4-10(5-18-15)11-6-19-14-12(11)7-20-16(17)22-14/h4-8H,1-3H3,(H3,17,19,20,22). The molecule has 4 aromatic rings. The molecule has 0 aliphatic rings. The fourth-order valence-electron chi connectivity index (χ4n) is 3.05. The van der Waals surface area contributed by atoms with Crippen LogP contribution < -0.4 is 5.73 Å². The maximum absolute atomic E-state index is 5.64. The molecule has 4 aromatic heterocycles. The summed E-state index contributed by atoms with van der Waals surface area (Å²) in [6, 6.07) is 2.43. The van der Waals surface area contributed by atoms with Gasteiger partial charge in [-0.25, -0.2) is 15.0 Å². The van der Waals surface area contributed by atoms with Crippen molar-refractivity contribution in [3.63, 3.8) is 0 Å². The minimum atomic E-state index is 0.257. The van der Waals surface area contributed by atoms with Crippen molar-refractivity contribution in [3.8, 4) is 11.1 Å². The monoisotopic (exact) mass is 307 g/mol. The van der Waals surface area contributed by atoms with Gasteiger partial charge < -0.3 is 15.3 Å². The molecule has 0 aliphatic carbocycles. The highest BCUT2D eigenvalue weighted by atomic mass is 15.1. The Morgan fingerprint density at radius 3 is 2.78 bits per heavy atom. The molecule has 0 saturated heterocycles. The number of imidazole rings is 1. The van der Waals surface area contributed by atoms with Crippen molar-refractivity contribution in [2.75, 3.05) is 5.73 Å². The zero-order valence-electron chi connectivity index (χ0n) is 13.2. The van der Waals surface area contributed by atoms with Crippen LogP contribution in [0.4, 0.5) is 5.95 Å². The number of pyridine rings is 1. The first-order valence-corrected chi connectivity index (χ1v) is 7.49. The Bertz CT molecular complexity index is 1030. The Morgan fingerprint density at radius 1 is 1.17 bits per heavy atom. The van der Waals surface area contributed by atoms with Gasteiger partial charge in [-0.2, -0.15) is 4.98 Å². The fraction of sp³-hybridized carbons (Fsp3) is 0.250. The molecule has 3 N–H and O–H groups in total. The molecule has 7 nitrogen and oxygen atoms in total. The van der Waals surface area contributed by atoms with Gasteiger partial charge in [0.15, 0.2) is 5.65 Å². The molecule has 0 atom stereocenters. The van der Waals surface area contributed by atoms with E-state index in [9.17, 15) is 0 Å². The van der Waals surface area contributed by atoms with E-state index in [0.717, 1.165) is 39.1 Å². The van der Waals surface area contributed by atoms with Crippen molar-refractivity contribution in [1.29, 1.82) is 0 Å². The Hall–Kier alpha value is -2.96. The van der Waals surface area contributed by atoms with E-state index in [0.29, 0.717) is 6.04 Å². The molecule has 4 heterocycles. The average molecular weight is 307 g/mol. The predicted molar refractivity (Wildman–Crippen MR) is 89.9 cm³/mol. The summed E-state index contributed by atoms with van der Waals surface area (Å²) >= 11 is 0. The van der Waals surface area contributed by atoms with Crippen LogP contribution in [-0.2, 0) is 0 Å². The maximum Gasteiger partial charge on any atom is 0.221 e. The molecule has 0 bridgehead atoms. The maximum atomic E-state index is 5.64. The number of rotatable bonds is 2. The summed E-state index contributed by atoms with van der Waals surface area (Å²) < 4.78 is 2.19. The van der Waals surface area contributed by atoms with Gasteiger partial charge in [-0.1, -0.05) is 0 Å². The summed E-state index contributed by atoms with van der Waals surface area (Å²) in [7, 11) is 0. The van der Waals surface area contributed by atoms with E-state index in [-0.39, 0.29) is 5.95 Å². The first kappa shape index (κ1) is 13.7. The lowest BCUT2D eigenvalue weighted by molar-refractivity contribution is 0.600. The molecule has 0 radical (unpaired) electrons. The molecule has 0 amide bonds. The summed E-state index contributed by atoms with van der Waals surface area (Å²) in [6.45, 7) is 6.29. The van der Waals surface area contributed by atoms with E-state index in [1.165, 1.54) is 0 Å². The van der Waals surface area contributed by atoms with Gasteiger partial charge in [0.1, 0.15) is 11.5 Å². The number of aromatic nitrogens is 6. The number of aromatic amines is 1. The minimum Gasteiger partial charge on any atom is -0.368 e. The van der Waals surface area contributed by atoms with E-state index in [1.807, 2.05) is 19.3 Å². The van der Waals surface area contributed by atoms with Gasteiger partial charge in [-0.05, 0) is 26.8 Å². The van der Waals surface area contributed by atoms with Crippen molar-refractivity contribution in [3.05, 3.63) is 30.5 Å². The Balaban J connectivity index is 1.96. The van der Waals surface area contributed by atoms with Crippen LogP contribution >= 0.6 is 0 Å². The molecule has 4 rings (SSSR count). The Kier molecular flexibility index (Phi) is 2.84. The summed E-state index contributed by atoms with van der Waals surface area (Å²) in [6.07, 6.45) is 5.47. The lowest BCUT2D eigenvalue weighted by atomic mass is 10.1. The number of aryl methyl sites for hydroxylation is 1. The van der Waals surface area contributed by atoms with Crippen molar-refractivity contribution in [2.24, 2.45) is 0 Å². The lowest BCUT2D eigenvalue weighted by Gasteiger charge is -2.10. The predicted octanol–water partition coefficient (Wildman–Crippen LogP) is 2.84. The molecular weight excluding hydrogens is 290 g/mol. The molecule has 116 valence electrons. The largest absolute Gasteiger partial charge is 0.368 e. The second-order valence-corrected chi connectivity index (χ2v) is 5.88. The molecule has 0 aliphatic heterocycles. The van der Waals surface area contributed by atoms with E-state index in [2.05, 4.69) is 49.4 Å². The first-order valence-electron chi connectivity index (χ1n) is 7.49. The number of anilines is 1. The molecule has 0 saturated carbocycles. The number of nitrogens with two attached hydrogens (primary N) is 1. The van der Waals surface area contributed by atoms with E-state index in [1.54, 1.807) is 6.20 Å². The summed E-state index contributed by atoms with van der Waals surface area (Å²) in [5, 5.41) is 0.924. The number of fused-ring (bicyclic) bond motifs is 2.